The molecule has 20 heavy (non-hydrogen) atoms. The van der Waals surface area contributed by atoms with Crippen molar-refractivity contribution in [3.05, 3.63) is 51.4 Å². The molecule has 104 valence electrons. The third-order valence-corrected chi connectivity index (χ3v) is 5.81. The largest absolute Gasteiger partial charge is 0.325 e. The van der Waals surface area contributed by atoms with Crippen molar-refractivity contribution in [2.24, 2.45) is 0 Å². The van der Waals surface area contributed by atoms with E-state index < -0.39 is 0 Å². The van der Waals surface area contributed by atoms with Gasteiger partial charge in [0.1, 0.15) is 5.37 Å². The molecule has 1 unspecified atom stereocenters. The van der Waals surface area contributed by atoms with Crippen molar-refractivity contribution in [3.63, 3.8) is 0 Å². The normalized spacial score (nSPS) is 18.8. The Hall–Kier alpha value is -1.04. The van der Waals surface area contributed by atoms with Crippen LogP contribution in [0.3, 0.4) is 0 Å². The average molecular weight is 325 g/mol. The summed E-state index contributed by atoms with van der Waals surface area (Å²) < 4.78 is 0.768. The van der Waals surface area contributed by atoms with Crippen LogP contribution in [0.25, 0.3) is 0 Å². The molecule has 0 aromatic carbocycles. The van der Waals surface area contributed by atoms with Gasteiger partial charge in [-0.15, -0.1) is 23.1 Å². The van der Waals surface area contributed by atoms with Crippen LogP contribution >= 0.6 is 34.7 Å². The zero-order valence-electron chi connectivity index (χ0n) is 10.7. The molecule has 0 bridgehead atoms. The minimum Gasteiger partial charge on any atom is -0.325 e. The fourth-order valence-corrected chi connectivity index (χ4v) is 4.69. The number of aromatic nitrogens is 1. The molecule has 0 aliphatic carbocycles. The SMILES string of the molecule is O=C1CSC(c2ccc(Cl)s2)N1CCc1ccccn1. The topological polar surface area (TPSA) is 33.2 Å². The van der Waals surface area contributed by atoms with Crippen molar-refractivity contribution in [1.29, 1.82) is 0 Å². The van der Waals surface area contributed by atoms with Gasteiger partial charge in [-0.3, -0.25) is 9.78 Å². The molecule has 2 aromatic rings. The number of carbonyl (C=O) groups excluding carboxylic acids is 1. The van der Waals surface area contributed by atoms with Crippen molar-refractivity contribution in [2.75, 3.05) is 12.3 Å². The highest BCUT2D eigenvalue weighted by molar-refractivity contribution is 8.00. The van der Waals surface area contributed by atoms with Crippen molar-refractivity contribution < 1.29 is 4.79 Å². The van der Waals surface area contributed by atoms with Gasteiger partial charge in [-0.25, -0.2) is 0 Å². The minimum absolute atomic E-state index is 0.101. The lowest BCUT2D eigenvalue weighted by Gasteiger charge is -2.22. The minimum atomic E-state index is 0.101. The standard InChI is InChI=1S/C14H13ClN2OS2/c15-12-5-4-11(20-12)14-17(13(18)9-19-14)8-6-10-3-1-2-7-16-10/h1-5,7,14H,6,8-9H2. The number of halogens is 1. The first-order chi connectivity index (χ1) is 9.74. The van der Waals surface area contributed by atoms with E-state index in [1.807, 2.05) is 35.2 Å². The highest BCUT2D eigenvalue weighted by Gasteiger charge is 2.33. The number of rotatable bonds is 4. The summed E-state index contributed by atoms with van der Waals surface area (Å²) in [6.45, 7) is 0.697. The van der Waals surface area contributed by atoms with Crippen molar-refractivity contribution in [3.8, 4) is 0 Å². The fourth-order valence-electron chi connectivity index (χ4n) is 2.17. The van der Waals surface area contributed by atoms with Crippen LogP contribution in [0.5, 0.6) is 0 Å². The van der Waals surface area contributed by atoms with E-state index in [0.29, 0.717) is 12.3 Å². The summed E-state index contributed by atoms with van der Waals surface area (Å²) in [5.41, 5.74) is 1.01. The zero-order chi connectivity index (χ0) is 13.9. The Morgan fingerprint density at radius 3 is 2.95 bits per heavy atom. The van der Waals surface area contributed by atoms with Crippen LogP contribution in [0.1, 0.15) is 15.9 Å². The Kier molecular flexibility index (Phi) is 4.29. The molecule has 1 aliphatic rings. The number of hydrogen-bond donors (Lipinski definition) is 0. The zero-order valence-corrected chi connectivity index (χ0v) is 13.0. The molecule has 3 rings (SSSR count). The summed E-state index contributed by atoms with van der Waals surface area (Å²) in [5.74, 6) is 0.739. The summed E-state index contributed by atoms with van der Waals surface area (Å²) in [6, 6.07) is 9.76. The molecule has 1 aliphatic heterocycles. The Balaban J connectivity index is 1.71. The van der Waals surface area contributed by atoms with Crippen molar-refractivity contribution in [1.82, 2.24) is 9.88 Å². The second-order valence-corrected chi connectivity index (χ2v) is 7.28. The molecule has 0 spiro atoms. The van der Waals surface area contributed by atoms with Crippen LogP contribution < -0.4 is 0 Å². The number of hydrogen-bond acceptors (Lipinski definition) is 4. The smallest absolute Gasteiger partial charge is 0.233 e. The number of pyridine rings is 1. The quantitative estimate of drug-likeness (QED) is 0.861. The number of thioether (sulfide) groups is 1. The first kappa shape index (κ1) is 13.9. The van der Waals surface area contributed by atoms with E-state index in [-0.39, 0.29) is 11.3 Å². The Morgan fingerprint density at radius 1 is 1.35 bits per heavy atom. The third-order valence-electron chi connectivity index (χ3n) is 3.14. The van der Waals surface area contributed by atoms with Crippen LogP contribution in [0, 0.1) is 0 Å². The summed E-state index contributed by atoms with van der Waals surface area (Å²) in [5, 5.41) is 0.101. The molecule has 1 saturated heterocycles. The van der Waals surface area contributed by atoms with Crippen LogP contribution in [0.4, 0.5) is 0 Å². The molecule has 2 aromatic heterocycles. The third kappa shape index (κ3) is 3.00. The number of thiophene rings is 1. The maximum Gasteiger partial charge on any atom is 0.233 e. The van der Waals surface area contributed by atoms with Gasteiger partial charge in [0.25, 0.3) is 0 Å². The lowest BCUT2D eigenvalue weighted by Crippen LogP contribution is -2.30. The maximum atomic E-state index is 12.0. The predicted octanol–water partition coefficient (Wildman–Crippen LogP) is 3.61. The number of amides is 1. The molecule has 3 heterocycles. The van der Waals surface area contributed by atoms with E-state index >= 15 is 0 Å². The van der Waals surface area contributed by atoms with Crippen molar-refractivity contribution >= 4 is 40.6 Å². The van der Waals surface area contributed by atoms with Gasteiger partial charge in [-0.05, 0) is 24.3 Å². The van der Waals surface area contributed by atoms with E-state index in [2.05, 4.69) is 4.98 Å². The van der Waals surface area contributed by atoms with E-state index in [9.17, 15) is 4.79 Å². The van der Waals surface area contributed by atoms with E-state index in [0.717, 1.165) is 21.3 Å². The van der Waals surface area contributed by atoms with Crippen LogP contribution in [0.2, 0.25) is 4.34 Å². The van der Waals surface area contributed by atoms with Gasteiger partial charge in [0, 0.05) is 29.7 Å². The molecule has 6 heteroatoms. The van der Waals surface area contributed by atoms with Gasteiger partial charge in [-0.2, -0.15) is 0 Å². The summed E-state index contributed by atoms with van der Waals surface area (Å²) in [7, 11) is 0. The lowest BCUT2D eigenvalue weighted by molar-refractivity contribution is -0.127. The summed E-state index contributed by atoms with van der Waals surface area (Å²) in [6.07, 6.45) is 2.56. The van der Waals surface area contributed by atoms with E-state index in [4.69, 9.17) is 11.6 Å². The van der Waals surface area contributed by atoms with E-state index in [1.165, 1.54) is 0 Å². The first-order valence-electron chi connectivity index (χ1n) is 6.30. The molecule has 0 saturated carbocycles. The van der Waals surface area contributed by atoms with Crippen LogP contribution in [0.15, 0.2) is 36.5 Å². The Labute approximate surface area is 131 Å². The van der Waals surface area contributed by atoms with Crippen molar-refractivity contribution in [2.45, 2.75) is 11.8 Å². The fraction of sp³-hybridized carbons (Fsp3) is 0.286. The van der Waals surface area contributed by atoms with Gasteiger partial charge in [0.2, 0.25) is 5.91 Å². The van der Waals surface area contributed by atoms with E-state index in [1.54, 1.807) is 29.3 Å². The first-order valence-corrected chi connectivity index (χ1v) is 8.54. The lowest BCUT2D eigenvalue weighted by atomic mass is 10.2. The molecular weight excluding hydrogens is 312 g/mol. The molecule has 0 N–H and O–H groups in total. The predicted molar refractivity (Wildman–Crippen MR) is 84.2 cm³/mol. The highest BCUT2D eigenvalue weighted by Crippen LogP contribution is 2.42. The maximum absolute atomic E-state index is 12.0. The van der Waals surface area contributed by atoms with Gasteiger partial charge in [0.15, 0.2) is 0 Å². The van der Waals surface area contributed by atoms with Gasteiger partial charge in [0.05, 0.1) is 10.1 Å². The average Bonchev–Trinajstić information content (AvgIpc) is 3.04. The van der Waals surface area contributed by atoms with Gasteiger partial charge < -0.3 is 4.90 Å². The summed E-state index contributed by atoms with van der Waals surface area (Å²) in [4.78, 5) is 19.4. The monoisotopic (exact) mass is 324 g/mol. The highest BCUT2D eigenvalue weighted by atomic mass is 35.5. The summed E-state index contributed by atoms with van der Waals surface area (Å²) >= 11 is 9.21. The number of nitrogens with zero attached hydrogens (tertiary/aromatic N) is 2. The second-order valence-electron chi connectivity index (χ2n) is 4.46. The Morgan fingerprint density at radius 2 is 2.25 bits per heavy atom. The second kappa shape index (κ2) is 6.16. The van der Waals surface area contributed by atoms with Crippen LogP contribution in [-0.2, 0) is 11.2 Å². The molecular formula is C14H13ClN2OS2. The van der Waals surface area contributed by atoms with Gasteiger partial charge >= 0.3 is 0 Å². The van der Waals surface area contributed by atoms with Gasteiger partial charge in [-0.1, -0.05) is 17.7 Å². The number of carbonyl (C=O) groups is 1. The molecule has 1 atom stereocenters. The molecule has 1 amide bonds. The molecule has 0 radical (unpaired) electrons. The molecule has 3 nitrogen and oxygen atoms in total. The Bertz CT molecular complexity index is 602. The van der Waals surface area contributed by atoms with Crippen LogP contribution in [-0.4, -0.2) is 28.1 Å². The molecule has 1 fully saturated rings.